The van der Waals surface area contributed by atoms with Gasteiger partial charge in [-0.2, -0.15) is 5.10 Å². The maximum absolute atomic E-state index is 13.4. The Morgan fingerprint density at radius 2 is 1.68 bits per heavy atom. The highest BCUT2D eigenvalue weighted by molar-refractivity contribution is 7.19. The smallest absolute Gasteiger partial charge is 0.427 e. The molecule has 4 heterocycles. The zero-order chi connectivity index (χ0) is 28.9. The molecule has 11 nitrogen and oxygen atoms in total. The predicted molar refractivity (Wildman–Crippen MR) is 153 cm³/mol. The van der Waals surface area contributed by atoms with Gasteiger partial charge in [-0.1, -0.05) is 11.3 Å². The molecular formula is C29H40N6O5S. The molecule has 2 amide bonds. The molecule has 4 aliphatic rings. The molecule has 2 aromatic rings. The molecule has 2 aliphatic heterocycles. The van der Waals surface area contributed by atoms with E-state index in [0.717, 1.165) is 36.3 Å². The fourth-order valence-electron chi connectivity index (χ4n) is 6.23. The van der Waals surface area contributed by atoms with Crippen LogP contribution in [0.15, 0.2) is 0 Å². The summed E-state index contributed by atoms with van der Waals surface area (Å²) < 4.78 is 7.48. The minimum absolute atomic E-state index is 0.0593. The van der Waals surface area contributed by atoms with E-state index in [4.69, 9.17) is 19.7 Å². The molecule has 0 atom stereocenters. The van der Waals surface area contributed by atoms with E-state index in [2.05, 4.69) is 10.00 Å². The third-order valence-corrected chi connectivity index (χ3v) is 9.35. The van der Waals surface area contributed by atoms with Crippen LogP contribution in [0.4, 0.5) is 9.93 Å². The van der Waals surface area contributed by atoms with E-state index in [9.17, 15) is 14.4 Å². The minimum Gasteiger partial charge on any atom is -0.427 e. The highest BCUT2D eigenvalue weighted by Gasteiger charge is 2.38. The second-order valence-electron chi connectivity index (χ2n) is 12.7. The van der Waals surface area contributed by atoms with Gasteiger partial charge < -0.3 is 19.8 Å². The Morgan fingerprint density at radius 1 is 0.976 bits per heavy atom. The lowest BCUT2D eigenvalue weighted by molar-refractivity contribution is -0.162. The molecule has 12 heteroatoms. The van der Waals surface area contributed by atoms with E-state index >= 15 is 0 Å². The van der Waals surface area contributed by atoms with Gasteiger partial charge in [0.15, 0.2) is 5.13 Å². The van der Waals surface area contributed by atoms with Crippen LogP contribution in [0.1, 0.15) is 95.1 Å². The van der Waals surface area contributed by atoms with Crippen molar-refractivity contribution in [2.75, 3.05) is 31.5 Å². The van der Waals surface area contributed by atoms with Gasteiger partial charge in [-0.25, -0.2) is 9.78 Å². The number of nitrogens with zero attached hydrogens (tertiary/aromatic N) is 5. The third-order valence-electron chi connectivity index (χ3n) is 8.33. The first kappa shape index (κ1) is 28.1. The number of likely N-dealkylation sites (tertiary alicyclic amines) is 1. The van der Waals surface area contributed by atoms with Gasteiger partial charge in [-0.05, 0) is 72.1 Å². The lowest BCUT2D eigenvalue weighted by Crippen LogP contribution is -2.46. The molecule has 0 aromatic carbocycles. The Bertz CT molecular complexity index is 1330. The van der Waals surface area contributed by atoms with Crippen molar-refractivity contribution in [2.24, 2.45) is 5.92 Å². The molecule has 222 valence electrons. The van der Waals surface area contributed by atoms with Crippen molar-refractivity contribution in [1.29, 1.82) is 0 Å². The van der Waals surface area contributed by atoms with Crippen molar-refractivity contribution in [1.82, 2.24) is 24.7 Å². The van der Waals surface area contributed by atoms with Crippen LogP contribution in [-0.4, -0.2) is 74.5 Å². The second-order valence-corrected chi connectivity index (χ2v) is 13.7. The molecule has 0 bridgehead atoms. The summed E-state index contributed by atoms with van der Waals surface area (Å²) in [6, 6.07) is 0.224. The molecular weight excluding hydrogens is 544 g/mol. The number of ether oxygens (including phenoxy) is 1. The van der Waals surface area contributed by atoms with Crippen molar-refractivity contribution in [2.45, 2.75) is 96.6 Å². The summed E-state index contributed by atoms with van der Waals surface area (Å²) in [5.41, 5.74) is 4.23. The van der Waals surface area contributed by atoms with Crippen LogP contribution >= 0.6 is 11.3 Å². The number of amides is 2. The summed E-state index contributed by atoms with van der Waals surface area (Å²) in [5.74, 6) is 0.588. The van der Waals surface area contributed by atoms with E-state index in [-0.39, 0.29) is 23.8 Å². The molecule has 0 radical (unpaired) electrons. The van der Waals surface area contributed by atoms with Crippen molar-refractivity contribution in [3.63, 3.8) is 0 Å². The lowest BCUT2D eigenvalue weighted by Gasteiger charge is -2.37. The Morgan fingerprint density at radius 3 is 2.32 bits per heavy atom. The van der Waals surface area contributed by atoms with Crippen molar-refractivity contribution in [3.8, 4) is 10.6 Å². The largest absolute Gasteiger partial charge is 0.528 e. The number of aryl methyl sites for hydroxylation is 1. The van der Waals surface area contributed by atoms with Gasteiger partial charge in [0.05, 0.1) is 28.0 Å². The van der Waals surface area contributed by atoms with Gasteiger partial charge in [0, 0.05) is 50.5 Å². The third kappa shape index (κ3) is 6.13. The molecule has 0 spiro atoms. The number of piperidine rings is 2. The van der Waals surface area contributed by atoms with Gasteiger partial charge in [-0.3, -0.25) is 14.3 Å². The van der Waals surface area contributed by atoms with Crippen molar-refractivity contribution in [3.05, 3.63) is 17.0 Å². The number of hydroxylamine groups is 2. The number of fused-ring (bicyclic) bond motifs is 3. The van der Waals surface area contributed by atoms with Crippen molar-refractivity contribution < 1.29 is 24.0 Å². The summed E-state index contributed by atoms with van der Waals surface area (Å²) in [6.07, 6.45) is 6.54. The van der Waals surface area contributed by atoms with Gasteiger partial charge in [-0.15, -0.1) is 5.06 Å². The molecule has 41 heavy (non-hydrogen) atoms. The molecule has 1 N–H and O–H groups in total. The number of nitrogens with one attached hydrogen (secondary N) is 1. The lowest BCUT2D eigenvalue weighted by atomic mass is 9.94. The Kier molecular flexibility index (Phi) is 7.56. The summed E-state index contributed by atoms with van der Waals surface area (Å²) in [6.45, 7) is 9.37. The topological polar surface area (TPSA) is 119 Å². The molecule has 2 aromatic heterocycles. The van der Waals surface area contributed by atoms with E-state index < -0.39 is 11.8 Å². The van der Waals surface area contributed by atoms with Crippen LogP contribution in [0.25, 0.3) is 10.6 Å². The SMILES string of the molecule is CC(=O)Nc1nc2c(s1)-c1c(c(C3CC3)nn1C1CCN(C(=O)C3CCN(OC(=O)OC(C)(C)C)CC3)CC1)CC2. The monoisotopic (exact) mass is 584 g/mol. The molecule has 0 unspecified atom stereocenters. The van der Waals surface area contributed by atoms with E-state index in [0.29, 0.717) is 50.1 Å². The number of hydrogen-bond donors (Lipinski definition) is 1. The Balaban J connectivity index is 1.09. The minimum atomic E-state index is -0.702. The van der Waals surface area contributed by atoms with Crippen LogP contribution in [0, 0.1) is 5.92 Å². The second kappa shape index (κ2) is 11.0. The summed E-state index contributed by atoms with van der Waals surface area (Å²) >= 11 is 1.55. The van der Waals surface area contributed by atoms with E-state index in [1.165, 1.54) is 36.7 Å². The molecule has 3 fully saturated rings. The van der Waals surface area contributed by atoms with E-state index in [1.54, 1.807) is 37.2 Å². The van der Waals surface area contributed by atoms with Crippen LogP contribution in [-0.2, 0) is 32.0 Å². The van der Waals surface area contributed by atoms with Gasteiger partial charge in [0.2, 0.25) is 11.8 Å². The number of carbonyl (C=O) groups excluding carboxylic acids is 3. The van der Waals surface area contributed by atoms with Crippen LogP contribution in [0.2, 0.25) is 0 Å². The summed E-state index contributed by atoms with van der Waals surface area (Å²) in [7, 11) is 0. The molecule has 6 rings (SSSR count). The number of rotatable bonds is 5. The fourth-order valence-corrected chi connectivity index (χ4v) is 7.36. The van der Waals surface area contributed by atoms with Crippen LogP contribution < -0.4 is 5.32 Å². The zero-order valence-corrected chi connectivity index (χ0v) is 25.2. The summed E-state index contributed by atoms with van der Waals surface area (Å²) in [4.78, 5) is 50.3. The van der Waals surface area contributed by atoms with Gasteiger partial charge in [0.1, 0.15) is 5.60 Å². The number of thiazole rings is 1. The van der Waals surface area contributed by atoms with Gasteiger partial charge >= 0.3 is 6.16 Å². The normalized spacial score (nSPS) is 20.3. The van der Waals surface area contributed by atoms with Crippen molar-refractivity contribution >= 4 is 34.4 Å². The average molecular weight is 585 g/mol. The van der Waals surface area contributed by atoms with E-state index in [1.807, 2.05) is 4.90 Å². The maximum Gasteiger partial charge on any atom is 0.528 e. The Labute approximate surface area is 244 Å². The first-order valence-corrected chi connectivity index (χ1v) is 15.7. The molecule has 2 saturated heterocycles. The van der Waals surface area contributed by atoms with Crippen LogP contribution in [0.3, 0.4) is 0 Å². The standard InChI is InChI=1S/C29H40N6O5S/c1-17(36)30-27-31-22-8-7-21-23(18-5-6-18)32-35(24(21)25(22)41-27)20-11-13-33(14-12-20)26(37)19-9-15-34(16-10-19)40-28(38)39-29(2,3)4/h18-20H,5-16H2,1-4H3,(H,30,31,36). The predicted octanol–water partition coefficient (Wildman–Crippen LogP) is 4.68. The average Bonchev–Trinajstić information content (AvgIpc) is 3.56. The highest BCUT2D eigenvalue weighted by Crippen LogP contribution is 2.49. The number of hydrogen-bond acceptors (Lipinski definition) is 9. The first-order valence-electron chi connectivity index (χ1n) is 14.9. The quantitative estimate of drug-likeness (QED) is 0.503. The van der Waals surface area contributed by atoms with Gasteiger partial charge in [0.25, 0.3) is 0 Å². The fraction of sp³-hybridized carbons (Fsp3) is 0.690. The number of aromatic nitrogens is 3. The number of anilines is 1. The highest BCUT2D eigenvalue weighted by atomic mass is 32.1. The Hall–Kier alpha value is -2.99. The zero-order valence-electron chi connectivity index (χ0n) is 24.4. The number of carbonyl (C=O) groups is 3. The molecule has 1 saturated carbocycles. The summed E-state index contributed by atoms with van der Waals surface area (Å²) in [5, 5.41) is 10.3. The molecule has 2 aliphatic carbocycles. The maximum atomic E-state index is 13.4. The first-order chi connectivity index (χ1) is 19.6. The van der Waals surface area contributed by atoms with Crippen LogP contribution in [0.5, 0.6) is 0 Å².